The second kappa shape index (κ2) is 5.53. The van der Waals surface area contributed by atoms with Gasteiger partial charge in [0.1, 0.15) is 6.61 Å². The largest absolute Gasteiger partial charge is 0.493 e. The lowest BCUT2D eigenvalue weighted by Crippen LogP contribution is -2.33. The molecule has 1 aromatic rings. The Labute approximate surface area is 105 Å². The lowest BCUT2D eigenvalue weighted by Gasteiger charge is -2.15. The van der Waals surface area contributed by atoms with E-state index in [2.05, 4.69) is 0 Å². The monoisotopic (exact) mass is 249 g/mol. The van der Waals surface area contributed by atoms with Crippen LogP contribution in [0.2, 0.25) is 0 Å². The van der Waals surface area contributed by atoms with Gasteiger partial charge in [0, 0.05) is 12.8 Å². The Bertz CT molecular complexity index is 442. The minimum absolute atomic E-state index is 0.122. The van der Waals surface area contributed by atoms with E-state index in [1.807, 2.05) is 12.1 Å². The predicted molar refractivity (Wildman–Crippen MR) is 64.4 cm³/mol. The summed E-state index contributed by atoms with van der Waals surface area (Å²) in [6.07, 6.45) is 0.626. The minimum Gasteiger partial charge on any atom is -0.493 e. The van der Waals surface area contributed by atoms with Crippen molar-refractivity contribution in [2.45, 2.75) is 12.8 Å². The molecule has 0 unspecified atom stereocenters. The van der Waals surface area contributed by atoms with Crippen LogP contribution in [0.5, 0.6) is 11.5 Å². The van der Waals surface area contributed by atoms with Gasteiger partial charge < -0.3 is 9.47 Å². The summed E-state index contributed by atoms with van der Waals surface area (Å²) in [5.74, 6) is 1.00. The summed E-state index contributed by atoms with van der Waals surface area (Å²) in [7, 11) is 1.57. The molecule has 1 fully saturated rings. The summed E-state index contributed by atoms with van der Waals surface area (Å²) in [4.78, 5) is 24.0. The minimum atomic E-state index is -0.122. The molecule has 5 heteroatoms. The lowest BCUT2D eigenvalue weighted by atomic mass is 10.3. The number of rotatable bonds is 5. The van der Waals surface area contributed by atoms with E-state index in [0.29, 0.717) is 24.3 Å². The first kappa shape index (κ1) is 12.4. The molecule has 5 nitrogen and oxygen atoms in total. The number of hydrogen-bond donors (Lipinski definition) is 0. The fourth-order valence-corrected chi connectivity index (χ4v) is 1.86. The summed E-state index contributed by atoms with van der Waals surface area (Å²) in [6.45, 7) is 0.563. The summed E-state index contributed by atoms with van der Waals surface area (Å²) >= 11 is 0. The third-order valence-corrected chi connectivity index (χ3v) is 2.80. The zero-order valence-electron chi connectivity index (χ0n) is 10.2. The molecule has 0 aromatic heterocycles. The summed E-state index contributed by atoms with van der Waals surface area (Å²) in [6, 6.07) is 7.26. The van der Waals surface area contributed by atoms with Crippen molar-refractivity contribution in [3.05, 3.63) is 24.3 Å². The first-order valence-electron chi connectivity index (χ1n) is 5.81. The van der Waals surface area contributed by atoms with Crippen LogP contribution in [0.3, 0.4) is 0 Å². The number of para-hydroxylation sites is 2. The van der Waals surface area contributed by atoms with E-state index < -0.39 is 0 Å². The fraction of sp³-hybridized carbons (Fsp3) is 0.385. The predicted octanol–water partition coefficient (Wildman–Crippen LogP) is 1.22. The lowest BCUT2D eigenvalue weighted by molar-refractivity contribution is -0.138. The van der Waals surface area contributed by atoms with Gasteiger partial charge in [0.25, 0.3) is 0 Å². The Morgan fingerprint density at radius 2 is 1.72 bits per heavy atom. The molecule has 1 aliphatic heterocycles. The number of methoxy groups -OCH3 is 1. The van der Waals surface area contributed by atoms with Gasteiger partial charge in [-0.2, -0.15) is 0 Å². The molecule has 0 aliphatic carbocycles. The van der Waals surface area contributed by atoms with Crippen molar-refractivity contribution in [2.75, 3.05) is 20.3 Å². The van der Waals surface area contributed by atoms with E-state index in [4.69, 9.17) is 9.47 Å². The van der Waals surface area contributed by atoms with Crippen molar-refractivity contribution in [1.29, 1.82) is 0 Å². The van der Waals surface area contributed by atoms with Crippen molar-refractivity contribution >= 4 is 11.8 Å². The Morgan fingerprint density at radius 1 is 1.11 bits per heavy atom. The summed E-state index contributed by atoms with van der Waals surface area (Å²) in [5, 5.41) is 0. The van der Waals surface area contributed by atoms with Crippen molar-refractivity contribution in [3.63, 3.8) is 0 Å². The van der Waals surface area contributed by atoms with Crippen molar-refractivity contribution < 1.29 is 19.1 Å². The van der Waals surface area contributed by atoms with E-state index in [0.717, 1.165) is 0 Å². The highest BCUT2D eigenvalue weighted by molar-refractivity contribution is 6.01. The fourth-order valence-electron chi connectivity index (χ4n) is 1.86. The Kier molecular flexibility index (Phi) is 3.82. The molecule has 2 rings (SSSR count). The van der Waals surface area contributed by atoms with Crippen LogP contribution in [-0.2, 0) is 9.59 Å². The van der Waals surface area contributed by atoms with Gasteiger partial charge in [-0.1, -0.05) is 12.1 Å². The molecule has 2 amide bonds. The average molecular weight is 249 g/mol. The second-order valence-corrected chi connectivity index (χ2v) is 3.94. The Morgan fingerprint density at radius 3 is 2.33 bits per heavy atom. The number of carbonyl (C=O) groups is 2. The van der Waals surface area contributed by atoms with Crippen molar-refractivity contribution in [2.24, 2.45) is 0 Å². The van der Waals surface area contributed by atoms with E-state index in [1.54, 1.807) is 19.2 Å². The van der Waals surface area contributed by atoms with E-state index in [1.165, 1.54) is 4.90 Å². The van der Waals surface area contributed by atoms with Gasteiger partial charge in [-0.05, 0) is 12.1 Å². The molecule has 0 saturated carbocycles. The molecule has 0 bridgehead atoms. The topological polar surface area (TPSA) is 55.8 Å². The molecular weight excluding hydrogens is 234 g/mol. The quantitative estimate of drug-likeness (QED) is 0.736. The van der Waals surface area contributed by atoms with Gasteiger partial charge in [-0.15, -0.1) is 0 Å². The highest BCUT2D eigenvalue weighted by Crippen LogP contribution is 2.25. The molecule has 1 heterocycles. The van der Waals surface area contributed by atoms with Gasteiger partial charge >= 0.3 is 0 Å². The van der Waals surface area contributed by atoms with Gasteiger partial charge in [-0.3, -0.25) is 14.5 Å². The van der Waals surface area contributed by atoms with Crippen molar-refractivity contribution in [1.82, 2.24) is 4.90 Å². The number of amides is 2. The molecule has 0 radical (unpaired) electrons. The van der Waals surface area contributed by atoms with Crippen LogP contribution in [0.15, 0.2) is 24.3 Å². The van der Waals surface area contributed by atoms with Crippen LogP contribution in [-0.4, -0.2) is 37.0 Å². The normalized spacial score (nSPS) is 15.1. The van der Waals surface area contributed by atoms with Crippen LogP contribution >= 0.6 is 0 Å². The van der Waals surface area contributed by atoms with Crippen LogP contribution in [0.4, 0.5) is 0 Å². The number of benzene rings is 1. The van der Waals surface area contributed by atoms with E-state index >= 15 is 0 Å². The molecule has 0 N–H and O–H groups in total. The molecule has 1 aromatic carbocycles. The third-order valence-electron chi connectivity index (χ3n) is 2.80. The van der Waals surface area contributed by atoms with Crippen LogP contribution in [0, 0.1) is 0 Å². The van der Waals surface area contributed by atoms with Crippen molar-refractivity contribution in [3.8, 4) is 11.5 Å². The molecule has 0 atom stereocenters. The van der Waals surface area contributed by atoms with Crippen LogP contribution in [0.25, 0.3) is 0 Å². The number of imide groups is 1. The van der Waals surface area contributed by atoms with E-state index in [-0.39, 0.29) is 25.0 Å². The zero-order valence-corrected chi connectivity index (χ0v) is 10.2. The highest BCUT2D eigenvalue weighted by Gasteiger charge is 2.28. The zero-order chi connectivity index (χ0) is 13.0. The van der Waals surface area contributed by atoms with Gasteiger partial charge in [-0.25, -0.2) is 0 Å². The van der Waals surface area contributed by atoms with E-state index in [9.17, 15) is 9.59 Å². The Hall–Kier alpha value is -2.04. The van der Waals surface area contributed by atoms with Gasteiger partial charge in [0.15, 0.2) is 11.5 Å². The number of ether oxygens (including phenoxy) is 2. The number of likely N-dealkylation sites (tertiary alicyclic amines) is 1. The van der Waals surface area contributed by atoms with Gasteiger partial charge in [0.2, 0.25) is 11.8 Å². The maximum Gasteiger partial charge on any atom is 0.229 e. The van der Waals surface area contributed by atoms with Crippen LogP contribution in [0.1, 0.15) is 12.8 Å². The first-order chi connectivity index (χ1) is 8.72. The Balaban J connectivity index is 1.88. The second-order valence-electron chi connectivity index (χ2n) is 3.94. The average Bonchev–Trinajstić information content (AvgIpc) is 2.71. The first-order valence-corrected chi connectivity index (χ1v) is 5.81. The molecule has 96 valence electrons. The molecule has 0 spiro atoms. The standard InChI is InChI=1S/C13H15NO4/c1-17-10-4-2-3-5-11(10)18-9-8-14-12(15)6-7-13(14)16/h2-5H,6-9H2,1H3. The SMILES string of the molecule is COc1ccccc1OCCN1C(=O)CCC1=O. The third kappa shape index (κ3) is 2.61. The number of hydrogen-bond acceptors (Lipinski definition) is 4. The van der Waals surface area contributed by atoms with Crippen LogP contribution < -0.4 is 9.47 Å². The van der Waals surface area contributed by atoms with Gasteiger partial charge in [0.05, 0.1) is 13.7 Å². The smallest absolute Gasteiger partial charge is 0.229 e. The molecule has 18 heavy (non-hydrogen) atoms. The maximum atomic E-state index is 11.4. The number of carbonyl (C=O) groups excluding carboxylic acids is 2. The highest BCUT2D eigenvalue weighted by atomic mass is 16.5. The maximum absolute atomic E-state index is 11.4. The molecular formula is C13H15NO4. The summed E-state index contributed by atoms with van der Waals surface area (Å²) in [5.41, 5.74) is 0. The number of nitrogens with zero attached hydrogens (tertiary/aromatic N) is 1. The summed E-state index contributed by atoms with van der Waals surface area (Å²) < 4.78 is 10.7. The molecule has 1 aliphatic rings. The molecule has 1 saturated heterocycles.